The first-order valence-electron chi connectivity index (χ1n) is 10.8. The summed E-state index contributed by atoms with van der Waals surface area (Å²) in [5, 5.41) is 3.88. The topological polar surface area (TPSA) is 30.5 Å². The second-order valence-electron chi connectivity index (χ2n) is 8.03. The van der Waals surface area contributed by atoms with E-state index in [1.165, 1.54) is 28.7 Å². The first-order chi connectivity index (χ1) is 14.8. The number of hydrogen-bond acceptors (Lipinski definition) is 3. The van der Waals surface area contributed by atoms with Crippen LogP contribution in [0.3, 0.4) is 0 Å². The first-order valence-corrected chi connectivity index (χ1v) is 10.8. The molecule has 2 atom stereocenters. The maximum Gasteiger partial charge on any atom is 0.160 e. The van der Waals surface area contributed by atoms with Gasteiger partial charge in [0.05, 0.1) is 14.2 Å². The quantitative estimate of drug-likeness (QED) is 0.564. The summed E-state index contributed by atoms with van der Waals surface area (Å²) in [5.74, 6) is 2.08. The van der Waals surface area contributed by atoms with E-state index in [-0.39, 0.29) is 0 Å². The van der Waals surface area contributed by atoms with Crippen molar-refractivity contribution < 1.29 is 9.47 Å². The van der Waals surface area contributed by atoms with E-state index in [0.29, 0.717) is 12.0 Å². The van der Waals surface area contributed by atoms with Crippen molar-refractivity contribution >= 4 is 0 Å². The van der Waals surface area contributed by atoms with Gasteiger partial charge < -0.3 is 14.8 Å². The SMILES string of the molecule is COc1ccc(CCNC2CCc3ccccc3C2Cc2ccccc2)cc1OC. The van der Waals surface area contributed by atoms with Gasteiger partial charge in [-0.05, 0) is 66.6 Å². The third kappa shape index (κ3) is 4.68. The molecule has 0 aromatic heterocycles. The van der Waals surface area contributed by atoms with Crippen LogP contribution in [0.15, 0.2) is 72.8 Å². The number of benzene rings is 3. The molecule has 0 aliphatic heterocycles. The second kappa shape index (κ2) is 9.82. The minimum atomic E-state index is 0.486. The Morgan fingerprint density at radius 3 is 2.40 bits per heavy atom. The Morgan fingerprint density at radius 1 is 0.833 bits per heavy atom. The summed E-state index contributed by atoms with van der Waals surface area (Å²) in [7, 11) is 3.36. The molecule has 1 N–H and O–H groups in total. The lowest BCUT2D eigenvalue weighted by Crippen LogP contribution is -2.40. The van der Waals surface area contributed by atoms with E-state index in [2.05, 4.69) is 72.0 Å². The molecule has 0 fully saturated rings. The minimum Gasteiger partial charge on any atom is -0.493 e. The highest BCUT2D eigenvalue weighted by Crippen LogP contribution is 2.34. The number of hydrogen-bond donors (Lipinski definition) is 1. The van der Waals surface area contributed by atoms with Crippen molar-refractivity contribution in [3.63, 3.8) is 0 Å². The summed E-state index contributed by atoms with van der Waals surface area (Å²) < 4.78 is 10.8. The molecule has 1 aliphatic carbocycles. The van der Waals surface area contributed by atoms with Crippen LogP contribution in [0.1, 0.15) is 34.6 Å². The Bertz CT molecular complexity index is 954. The van der Waals surface area contributed by atoms with E-state index < -0.39 is 0 Å². The van der Waals surface area contributed by atoms with Crippen LogP contribution in [0, 0.1) is 0 Å². The van der Waals surface area contributed by atoms with Gasteiger partial charge >= 0.3 is 0 Å². The fourth-order valence-electron chi connectivity index (χ4n) is 4.66. The van der Waals surface area contributed by atoms with Crippen LogP contribution in [-0.2, 0) is 19.3 Å². The summed E-state index contributed by atoms with van der Waals surface area (Å²) in [6, 6.07) is 26.5. The minimum absolute atomic E-state index is 0.486. The van der Waals surface area contributed by atoms with E-state index in [9.17, 15) is 0 Å². The third-order valence-electron chi connectivity index (χ3n) is 6.23. The van der Waals surface area contributed by atoms with E-state index in [1.807, 2.05) is 6.07 Å². The molecule has 3 aromatic rings. The largest absolute Gasteiger partial charge is 0.493 e. The fourth-order valence-corrected chi connectivity index (χ4v) is 4.66. The maximum atomic E-state index is 5.45. The number of ether oxygens (including phenoxy) is 2. The lowest BCUT2D eigenvalue weighted by Gasteiger charge is -2.35. The van der Waals surface area contributed by atoms with Crippen molar-refractivity contribution in [2.45, 2.75) is 37.6 Å². The number of methoxy groups -OCH3 is 2. The van der Waals surface area contributed by atoms with E-state index in [4.69, 9.17) is 9.47 Å². The predicted octanol–water partition coefficient (Wildman–Crippen LogP) is 5.18. The lowest BCUT2D eigenvalue weighted by atomic mass is 9.76. The van der Waals surface area contributed by atoms with Gasteiger partial charge in [-0.25, -0.2) is 0 Å². The van der Waals surface area contributed by atoms with Crippen LogP contribution >= 0.6 is 0 Å². The molecule has 30 heavy (non-hydrogen) atoms. The monoisotopic (exact) mass is 401 g/mol. The second-order valence-corrected chi connectivity index (χ2v) is 8.03. The highest BCUT2D eigenvalue weighted by atomic mass is 16.5. The van der Waals surface area contributed by atoms with Gasteiger partial charge in [-0.15, -0.1) is 0 Å². The molecule has 3 nitrogen and oxygen atoms in total. The summed E-state index contributed by atoms with van der Waals surface area (Å²) in [5.41, 5.74) is 5.69. The van der Waals surface area contributed by atoms with Crippen LogP contribution in [0.25, 0.3) is 0 Å². The Morgan fingerprint density at radius 2 is 1.60 bits per heavy atom. The fraction of sp³-hybridized carbons (Fsp3) is 0.333. The van der Waals surface area contributed by atoms with Gasteiger partial charge in [0.25, 0.3) is 0 Å². The average molecular weight is 402 g/mol. The van der Waals surface area contributed by atoms with Crippen molar-refractivity contribution in [3.05, 3.63) is 95.1 Å². The molecule has 0 heterocycles. The summed E-state index contributed by atoms with van der Waals surface area (Å²) in [6.07, 6.45) is 4.37. The molecular formula is C27H31NO2. The van der Waals surface area contributed by atoms with E-state index in [1.54, 1.807) is 14.2 Å². The van der Waals surface area contributed by atoms with Gasteiger partial charge in [0.15, 0.2) is 11.5 Å². The molecule has 0 saturated heterocycles. The summed E-state index contributed by atoms with van der Waals surface area (Å²) in [6.45, 7) is 0.952. The molecule has 0 saturated carbocycles. The Kier molecular flexibility index (Phi) is 6.70. The number of aryl methyl sites for hydroxylation is 1. The van der Waals surface area contributed by atoms with Crippen molar-refractivity contribution in [1.82, 2.24) is 5.32 Å². The highest BCUT2D eigenvalue weighted by molar-refractivity contribution is 5.43. The van der Waals surface area contributed by atoms with E-state index in [0.717, 1.165) is 37.3 Å². The predicted molar refractivity (Wildman–Crippen MR) is 123 cm³/mol. The van der Waals surface area contributed by atoms with Gasteiger partial charge in [0, 0.05) is 12.0 Å². The number of rotatable bonds is 8. The Hall–Kier alpha value is -2.78. The zero-order valence-corrected chi connectivity index (χ0v) is 17.9. The molecule has 1 aliphatic rings. The molecule has 156 valence electrons. The van der Waals surface area contributed by atoms with Crippen molar-refractivity contribution in [2.75, 3.05) is 20.8 Å². The maximum absolute atomic E-state index is 5.45. The highest BCUT2D eigenvalue weighted by Gasteiger charge is 2.29. The summed E-state index contributed by atoms with van der Waals surface area (Å²) >= 11 is 0. The van der Waals surface area contributed by atoms with Crippen LogP contribution < -0.4 is 14.8 Å². The standard InChI is InChI=1S/C27H31NO2/c1-29-26-15-12-21(19-27(26)30-2)16-17-28-25-14-13-22-10-6-7-11-23(22)24(25)18-20-8-4-3-5-9-20/h3-12,15,19,24-25,28H,13-14,16-18H2,1-2H3. The first kappa shape index (κ1) is 20.5. The molecule has 2 unspecified atom stereocenters. The zero-order chi connectivity index (χ0) is 20.8. The normalized spacial score (nSPS) is 17.9. The zero-order valence-electron chi connectivity index (χ0n) is 17.9. The molecule has 3 heteroatoms. The Balaban J connectivity index is 1.46. The van der Waals surface area contributed by atoms with Gasteiger partial charge in [0.2, 0.25) is 0 Å². The van der Waals surface area contributed by atoms with Crippen molar-refractivity contribution in [1.29, 1.82) is 0 Å². The van der Waals surface area contributed by atoms with E-state index >= 15 is 0 Å². The molecule has 3 aromatic carbocycles. The molecule has 0 radical (unpaired) electrons. The third-order valence-corrected chi connectivity index (χ3v) is 6.23. The average Bonchev–Trinajstić information content (AvgIpc) is 2.81. The van der Waals surface area contributed by atoms with Crippen LogP contribution in [0.4, 0.5) is 0 Å². The molecule has 0 amide bonds. The smallest absolute Gasteiger partial charge is 0.160 e. The number of fused-ring (bicyclic) bond motifs is 1. The van der Waals surface area contributed by atoms with Gasteiger partial charge in [0.1, 0.15) is 0 Å². The molecule has 0 bridgehead atoms. The molecule has 0 spiro atoms. The Labute approximate surface area is 180 Å². The van der Waals surface area contributed by atoms with Crippen LogP contribution in [0.5, 0.6) is 11.5 Å². The van der Waals surface area contributed by atoms with Crippen LogP contribution in [-0.4, -0.2) is 26.8 Å². The lowest BCUT2D eigenvalue weighted by molar-refractivity contribution is 0.354. The van der Waals surface area contributed by atoms with Gasteiger partial charge in [-0.2, -0.15) is 0 Å². The molecular weight excluding hydrogens is 370 g/mol. The van der Waals surface area contributed by atoms with Crippen molar-refractivity contribution in [2.24, 2.45) is 0 Å². The van der Waals surface area contributed by atoms with Crippen LogP contribution in [0.2, 0.25) is 0 Å². The van der Waals surface area contributed by atoms with Gasteiger partial charge in [-0.1, -0.05) is 60.7 Å². The summed E-state index contributed by atoms with van der Waals surface area (Å²) in [4.78, 5) is 0. The van der Waals surface area contributed by atoms with Crippen molar-refractivity contribution in [3.8, 4) is 11.5 Å². The number of nitrogens with one attached hydrogen (secondary N) is 1. The molecule has 4 rings (SSSR count). The van der Waals surface area contributed by atoms with Gasteiger partial charge in [-0.3, -0.25) is 0 Å².